The van der Waals surface area contributed by atoms with Crippen molar-refractivity contribution in [3.8, 4) is 6.07 Å². The van der Waals surface area contributed by atoms with Gasteiger partial charge in [0.1, 0.15) is 22.3 Å². The van der Waals surface area contributed by atoms with Crippen molar-refractivity contribution in [3.05, 3.63) is 28.6 Å². The van der Waals surface area contributed by atoms with Crippen molar-refractivity contribution in [2.75, 3.05) is 0 Å². The average Bonchev–Trinajstić information content (AvgIpc) is 2.60. The summed E-state index contributed by atoms with van der Waals surface area (Å²) >= 11 is 8.35. The van der Waals surface area contributed by atoms with Crippen LogP contribution in [0.25, 0.3) is 0 Å². The van der Waals surface area contributed by atoms with Gasteiger partial charge in [0.15, 0.2) is 9.49 Å². The van der Waals surface area contributed by atoms with Crippen molar-refractivity contribution in [1.82, 2.24) is 15.0 Å². The Balaban J connectivity index is 2.23. The monoisotopic (exact) mass is 254 g/mol. The van der Waals surface area contributed by atoms with E-state index in [0.29, 0.717) is 9.22 Å². The van der Waals surface area contributed by atoms with E-state index in [4.69, 9.17) is 16.9 Å². The summed E-state index contributed by atoms with van der Waals surface area (Å²) in [7, 11) is 0. The van der Waals surface area contributed by atoms with Gasteiger partial charge >= 0.3 is 0 Å². The van der Waals surface area contributed by atoms with Crippen molar-refractivity contribution in [3.63, 3.8) is 0 Å². The topological polar surface area (TPSA) is 62.5 Å². The van der Waals surface area contributed by atoms with Gasteiger partial charge in [0, 0.05) is 6.20 Å². The second kappa shape index (κ2) is 4.57. The standard InChI is InChI=1S/C8H3ClN4S2/c9-7-5(3-10)14-8(13-7)15-6-1-2-11-4-12-6/h1-2,4H. The van der Waals surface area contributed by atoms with Crippen LogP contribution in [0.5, 0.6) is 0 Å². The number of rotatable bonds is 2. The van der Waals surface area contributed by atoms with Crippen molar-refractivity contribution in [1.29, 1.82) is 5.26 Å². The van der Waals surface area contributed by atoms with Crippen LogP contribution in [0, 0.1) is 11.3 Å². The number of aromatic nitrogens is 3. The number of thiazole rings is 1. The summed E-state index contributed by atoms with van der Waals surface area (Å²) in [5.41, 5.74) is 0. The molecule has 74 valence electrons. The molecule has 0 unspecified atom stereocenters. The molecule has 0 aliphatic rings. The Labute approximate surface area is 99.0 Å². The molecule has 0 saturated carbocycles. The van der Waals surface area contributed by atoms with Crippen LogP contribution in [0.15, 0.2) is 28.0 Å². The van der Waals surface area contributed by atoms with E-state index in [-0.39, 0.29) is 5.15 Å². The van der Waals surface area contributed by atoms with Crippen molar-refractivity contribution in [2.24, 2.45) is 0 Å². The Hall–Kier alpha value is -1.16. The van der Waals surface area contributed by atoms with Crippen molar-refractivity contribution in [2.45, 2.75) is 9.37 Å². The number of nitrogens with zero attached hydrogens (tertiary/aromatic N) is 4. The van der Waals surface area contributed by atoms with Crippen LogP contribution >= 0.6 is 34.7 Å². The van der Waals surface area contributed by atoms with Crippen LogP contribution in [-0.4, -0.2) is 15.0 Å². The number of hydrogen-bond acceptors (Lipinski definition) is 6. The van der Waals surface area contributed by atoms with Crippen LogP contribution in [0.2, 0.25) is 5.15 Å². The lowest BCUT2D eigenvalue weighted by Crippen LogP contribution is -1.79. The van der Waals surface area contributed by atoms with Gasteiger partial charge in [-0.2, -0.15) is 5.26 Å². The lowest BCUT2D eigenvalue weighted by molar-refractivity contribution is 1.04. The van der Waals surface area contributed by atoms with Crippen molar-refractivity contribution >= 4 is 34.7 Å². The summed E-state index contributed by atoms with van der Waals surface area (Å²) in [4.78, 5) is 12.3. The molecule has 0 aliphatic heterocycles. The summed E-state index contributed by atoms with van der Waals surface area (Å²) in [5, 5.41) is 9.73. The first-order valence-electron chi connectivity index (χ1n) is 3.80. The molecule has 0 spiro atoms. The summed E-state index contributed by atoms with van der Waals surface area (Å²) in [6.07, 6.45) is 3.11. The fourth-order valence-corrected chi connectivity index (χ4v) is 2.87. The van der Waals surface area contributed by atoms with E-state index in [1.807, 2.05) is 6.07 Å². The van der Waals surface area contributed by atoms with Crippen LogP contribution < -0.4 is 0 Å². The van der Waals surface area contributed by atoms with Crippen LogP contribution in [-0.2, 0) is 0 Å². The third-order valence-corrected chi connectivity index (χ3v) is 3.77. The first kappa shape index (κ1) is 10.4. The van der Waals surface area contributed by atoms with Crippen LogP contribution in [0.3, 0.4) is 0 Å². The van der Waals surface area contributed by atoms with E-state index in [2.05, 4.69) is 15.0 Å². The van der Waals surface area contributed by atoms with E-state index in [1.54, 1.807) is 12.3 Å². The molecule has 0 N–H and O–H groups in total. The quantitative estimate of drug-likeness (QED) is 0.771. The molecule has 0 fully saturated rings. The zero-order valence-corrected chi connectivity index (χ0v) is 9.60. The maximum absolute atomic E-state index is 8.70. The van der Waals surface area contributed by atoms with Gasteiger partial charge in [0.05, 0.1) is 0 Å². The van der Waals surface area contributed by atoms with E-state index in [9.17, 15) is 0 Å². The highest BCUT2D eigenvalue weighted by Crippen LogP contribution is 2.33. The Bertz CT molecular complexity index is 505. The molecule has 0 radical (unpaired) electrons. The number of halogens is 1. The zero-order valence-electron chi connectivity index (χ0n) is 7.22. The van der Waals surface area contributed by atoms with Crippen molar-refractivity contribution < 1.29 is 0 Å². The SMILES string of the molecule is N#Cc1sc(Sc2ccncn2)nc1Cl. The molecule has 2 aromatic rings. The van der Waals surface area contributed by atoms with Gasteiger partial charge < -0.3 is 0 Å². The Morgan fingerprint density at radius 2 is 2.40 bits per heavy atom. The minimum Gasteiger partial charge on any atom is -0.245 e. The van der Waals surface area contributed by atoms with Crippen LogP contribution in [0.4, 0.5) is 0 Å². The van der Waals surface area contributed by atoms with Gasteiger partial charge in [-0.3, -0.25) is 0 Å². The maximum Gasteiger partial charge on any atom is 0.159 e. The molecule has 4 nitrogen and oxygen atoms in total. The molecule has 2 rings (SSSR count). The average molecular weight is 255 g/mol. The Morgan fingerprint density at radius 3 is 3.00 bits per heavy atom. The van der Waals surface area contributed by atoms with Gasteiger partial charge in [0.2, 0.25) is 0 Å². The minimum absolute atomic E-state index is 0.249. The Kier molecular flexibility index (Phi) is 3.16. The molecule has 0 atom stereocenters. The smallest absolute Gasteiger partial charge is 0.159 e. The highest BCUT2D eigenvalue weighted by atomic mass is 35.5. The van der Waals surface area contributed by atoms with Gasteiger partial charge in [-0.15, -0.1) is 0 Å². The summed E-state index contributed by atoms with van der Waals surface area (Å²) < 4.78 is 0.704. The molecule has 0 saturated heterocycles. The van der Waals surface area contributed by atoms with E-state index in [1.165, 1.54) is 29.4 Å². The fraction of sp³-hybridized carbons (Fsp3) is 0. The zero-order chi connectivity index (χ0) is 10.7. The molecule has 2 aromatic heterocycles. The summed E-state index contributed by atoms with van der Waals surface area (Å²) in [5.74, 6) is 0. The highest BCUT2D eigenvalue weighted by Gasteiger charge is 2.09. The largest absolute Gasteiger partial charge is 0.245 e. The second-order valence-electron chi connectivity index (χ2n) is 2.36. The van der Waals surface area contributed by atoms with Gasteiger partial charge in [0.25, 0.3) is 0 Å². The third-order valence-electron chi connectivity index (χ3n) is 1.41. The van der Waals surface area contributed by atoms with Gasteiger partial charge in [-0.25, -0.2) is 15.0 Å². The molecular formula is C8H3ClN4S2. The van der Waals surface area contributed by atoms with E-state index in [0.717, 1.165) is 5.03 Å². The van der Waals surface area contributed by atoms with E-state index >= 15 is 0 Å². The molecule has 0 aromatic carbocycles. The molecule has 15 heavy (non-hydrogen) atoms. The molecule has 0 aliphatic carbocycles. The lowest BCUT2D eigenvalue weighted by atomic mass is 10.6. The highest BCUT2D eigenvalue weighted by molar-refractivity contribution is 8.01. The number of hydrogen-bond donors (Lipinski definition) is 0. The molecule has 7 heteroatoms. The summed E-state index contributed by atoms with van der Waals surface area (Å²) in [6, 6.07) is 3.75. The normalized spacial score (nSPS) is 9.87. The first-order valence-corrected chi connectivity index (χ1v) is 5.81. The molecule has 2 heterocycles. The molecule has 0 bridgehead atoms. The predicted octanol–water partition coefficient (Wildman–Crippen LogP) is 2.61. The minimum atomic E-state index is 0.249. The molecule has 0 amide bonds. The van der Waals surface area contributed by atoms with Gasteiger partial charge in [-0.05, 0) is 17.8 Å². The van der Waals surface area contributed by atoms with Gasteiger partial charge in [-0.1, -0.05) is 22.9 Å². The maximum atomic E-state index is 8.70. The first-order chi connectivity index (χ1) is 7.29. The fourth-order valence-electron chi connectivity index (χ4n) is 0.824. The number of nitriles is 1. The van der Waals surface area contributed by atoms with Crippen LogP contribution in [0.1, 0.15) is 4.88 Å². The Morgan fingerprint density at radius 1 is 1.53 bits per heavy atom. The third kappa shape index (κ3) is 2.45. The van der Waals surface area contributed by atoms with E-state index < -0.39 is 0 Å². The second-order valence-corrected chi connectivity index (χ2v) is 4.99. The summed E-state index contributed by atoms with van der Waals surface area (Å²) in [6.45, 7) is 0. The predicted molar refractivity (Wildman–Crippen MR) is 58.0 cm³/mol. The molecular weight excluding hydrogens is 252 g/mol. The lowest BCUT2D eigenvalue weighted by Gasteiger charge is -1.92.